The van der Waals surface area contributed by atoms with Crippen LogP contribution >= 0.6 is 0 Å². The van der Waals surface area contributed by atoms with Crippen LogP contribution in [0.15, 0.2) is 59.1 Å². The number of pyridine rings is 1. The molecule has 136 valence electrons. The van der Waals surface area contributed by atoms with E-state index in [0.29, 0.717) is 0 Å². The summed E-state index contributed by atoms with van der Waals surface area (Å²) in [6.07, 6.45) is 9.14. The molecule has 0 amide bonds. The zero-order valence-electron chi connectivity index (χ0n) is 16.2. The van der Waals surface area contributed by atoms with Gasteiger partial charge in [0.2, 0.25) is 5.69 Å². The fourth-order valence-electron chi connectivity index (χ4n) is 4.77. The predicted octanol–water partition coefficient (Wildman–Crippen LogP) is 6.43. The molecule has 0 atom stereocenters. The zero-order chi connectivity index (χ0) is 18.4. The summed E-state index contributed by atoms with van der Waals surface area (Å²) >= 11 is 0. The van der Waals surface area contributed by atoms with Crippen molar-refractivity contribution < 1.29 is 8.98 Å². The predicted molar refractivity (Wildman–Crippen MR) is 111 cm³/mol. The topological polar surface area (TPSA) is 17.0 Å². The van der Waals surface area contributed by atoms with Crippen molar-refractivity contribution in [2.75, 3.05) is 0 Å². The normalized spacial score (nSPS) is 15.6. The molecule has 1 saturated carbocycles. The molecule has 2 heterocycles. The van der Waals surface area contributed by atoms with Gasteiger partial charge in [-0.05, 0) is 43.4 Å². The van der Waals surface area contributed by atoms with Crippen LogP contribution in [0.2, 0.25) is 0 Å². The Labute approximate surface area is 160 Å². The minimum atomic E-state index is 0.724. The molecule has 4 aromatic rings. The molecular formula is C25H26NO+. The van der Waals surface area contributed by atoms with Gasteiger partial charge in [0.15, 0.2) is 6.20 Å². The van der Waals surface area contributed by atoms with Crippen LogP contribution in [0.25, 0.3) is 33.2 Å². The van der Waals surface area contributed by atoms with E-state index in [0.717, 1.165) is 17.1 Å². The minimum Gasteiger partial charge on any atom is -0.455 e. The molecule has 0 saturated heterocycles. The minimum absolute atomic E-state index is 0.724. The maximum absolute atomic E-state index is 6.31. The second kappa shape index (κ2) is 6.53. The van der Waals surface area contributed by atoms with Gasteiger partial charge < -0.3 is 4.42 Å². The highest BCUT2D eigenvalue weighted by Crippen LogP contribution is 2.37. The molecular weight excluding hydrogens is 330 g/mol. The second-order valence-electron chi connectivity index (χ2n) is 8.03. The third kappa shape index (κ3) is 2.75. The summed E-state index contributed by atoms with van der Waals surface area (Å²) < 4.78 is 8.60. The van der Waals surface area contributed by atoms with E-state index in [1.54, 1.807) is 0 Å². The molecule has 2 nitrogen and oxygen atoms in total. The molecule has 1 fully saturated rings. The highest BCUT2D eigenvalue weighted by atomic mass is 16.3. The highest BCUT2D eigenvalue weighted by molar-refractivity contribution is 6.09. The standard InChI is InChI=1S/C25H26NO/c1-17-12-14-21-20-10-6-7-11-23(20)27-25(21)24(17)22-15-13-19(16-26(22)2)18-8-4-3-5-9-18/h6-7,10-16,18H,3-5,8-9H2,1-2H3/q+1. The molecule has 1 aliphatic carbocycles. The Morgan fingerprint density at radius 2 is 1.70 bits per heavy atom. The molecule has 0 spiro atoms. The number of benzene rings is 2. The lowest BCUT2D eigenvalue weighted by atomic mass is 9.84. The monoisotopic (exact) mass is 356 g/mol. The maximum Gasteiger partial charge on any atom is 0.216 e. The quantitative estimate of drug-likeness (QED) is 0.378. The number of furan rings is 1. The van der Waals surface area contributed by atoms with Crippen LogP contribution in [0, 0.1) is 6.92 Å². The number of aryl methyl sites for hydroxylation is 2. The van der Waals surface area contributed by atoms with Crippen LogP contribution in [-0.2, 0) is 7.05 Å². The van der Waals surface area contributed by atoms with Crippen LogP contribution < -0.4 is 4.57 Å². The first kappa shape index (κ1) is 16.6. The van der Waals surface area contributed by atoms with Gasteiger partial charge in [-0.3, -0.25) is 0 Å². The number of rotatable bonds is 2. The average molecular weight is 356 g/mol. The molecule has 27 heavy (non-hydrogen) atoms. The van der Waals surface area contributed by atoms with Crippen molar-refractivity contribution in [3.05, 3.63) is 65.9 Å². The highest BCUT2D eigenvalue weighted by Gasteiger charge is 2.23. The number of para-hydroxylation sites is 1. The molecule has 1 aliphatic rings. The van der Waals surface area contributed by atoms with Crippen molar-refractivity contribution in [2.45, 2.75) is 44.9 Å². The smallest absolute Gasteiger partial charge is 0.216 e. The van der Waals surface area contributed by atoms with E-state index in [1.807, 2.05) is 6.07 Å². The molecule has 0 aliphatic heterocycles. The van der Waals surface area contributed by atoms with E-state index < -0.39 is 0 Å². The Bertz CT molecular complexity index is 1130. The van der Waals surface area contributed by atoms with E-state index in [4.69, 9.17) is 4.42 Å². The molecule has 0 radical (unpaired) electrons. The van der Waals surface area contributed by atoms with Crippen molar-refractivity contribution in [3.63, 3.8) is 0 Å². The lowest BCUT2D eigenvalue weighted by molar-refractivity contribution is -0.660. The second-order valence-corrected chi connectivity index (χ2v) is 8.03. The van der Waals surface area contributed by atoms with E-state index in [9.17, 15) is 0 Å². The molecule has 0 bridgehead atoms. The van der Waals surface area contributed by atoms with Gasteiger partial charge in [-0.15, -0.1) is 0 Å². The lowest BCUT2D eigenvalue weighted by Gasteiger charge is -2.21. The Morgan fingerprint density at radius 1 is 0.889 bits per heavy atom. The van der Waals surface area contributed by atoms with Crippen LogP contribution in [0.3, 0.4) is 0 Å². The number of hydrogen-bond acceptors (Lipinski definition) is 1. The van der Waals surface area contributed by atoms with Gasteiger partial charge in [0.05, 0.1) is 5.56 Å². The van der Waals surface area contributed by atoms with Crippen molar-refractivity contribution >= 4 is 21.9 Å². The summed E-state index contributed by atoms with van der Waals surface area (Å²) in [7, 11) is 2.17. The van der Waals surface area contributed by atoms with Crippen molar-refractivity contribution in [1.82, 2.24) is 0 Å². The van der Waals surface area contributed by atoms with Crippen LogP contribution in [0.4, 0.5) is 0 Å². The van der Waals surface area contributed by atoms with Crippen LogP contribution in [-0.4, -0.2) is 0 Å². The molecule has 2 aromatic carbocycles. The summed E-state index contributed by atoms with van der Waals surface area (Å²) in [6, 6.07) is 17.4. The van der Waals surface area contributed by atoms with Crippen molar-refractivity contribution in [2.24, 2.45) is 7.05 Å². The summed E-state index contributed by atoms with van der Waals surface area (Å²) in [5.41, 5.74) is 7.12. The SMILES string of the molecule is Cc1ccc2c(oc3ccccc32)c1-c1ccc(C2CCCCC2)c[n+]1C. The third-order valence-electron chi connectivity index (χ3n) is 6.24. The van der Waals surface area contributed by atoms with Gasteiger partial charge in [0.1, 0.15) is 18.2 Å². The van der Waals surface area contributed by atoms with Crippen LogP contribution in [0.5, 0.6) is 0 Å². The van der Waals surface area contributed by atoms with Crippen molar-refractivity contribution in [3.8, 4) is 11.3 Å². The van der Waals surface area contributed by atoms with Gasteiger partial charge in [-0.2, -0.15) is 0 Å². The van der Waals surface area contributed by atoms with Crippen molar-refractivity contribution in [1.29, 1.82) is 0 Å². The first-order chi connectivity index (χ1) is 13.2. The summed E-state index contributed by atoms with van der Waals surface area (Å²) in [5.74, 6) is 0.724. The molecule has 5 rings (SSSR count). The molecule has 0 unspecified atom stereocenters. The summed E-state index contributed by atoms with van der Waals surface area (Å²) in [5, 5.41) is 2.39. The maximum atomic E-state index is 6.31. The van der Waals surface area contributed by atoms with Gasteiger partial charge in [-0.1, -0.05) is 49.6 Å². The Morgan fingerprint density at radius 3 is 2.52 bits per heavy atom. The van der Waals surface area contributed by atoms with E-state index in [-0.39, 0.29) is 0 Å². The average Bonchev–Trinajstić information content (AvgIpc) is 3.08. The van der Waals surface area contributed by atoms with Gasteiger partial charge in [-0.25, -0.2) is 4.57 Å². The number of nitrogens with zero attached hydrogens (tertiary/aromatic N) is 1. The van der Waals surface area contributed by atoms with E-state index >= 15 is 0 Å². The molecule has 2 heteroatoms. The number of fused-ring (bicyclic) bond motifs is 3. The van der Waals surface area contributed by atoms with E-state index in [1.165, 1.54) is 65.3 Å². The molecule has 0 N–H and O–H groups in total. The first-order valence-electron chi connectivity index (χ1n) is 10.1. The molecule has 2 aromatic heterocycles. The Balaban J connectivity index is 1.67. The van der Waals surface area contributed by atoms with Crippen LogP contribution in [0.1, 0.15) is 49.1 Å². The van der Waals surface area contributed by atoms with Gasteiger partial charge in [0.25, 0.3) is 0 Å². The zero-order valence-corrected chi connectivity index (χ0v) is 16.2. The Hall–Kier alpha value is -2.61. The van der Waals surface area contributed by atoms with Gasteiger partial charge in [0, 0.05) is 22.4 Å². The van der Waals surface area contributed by atoms with E-state index in [2.05, 4.69) is 67.2 Å². The lowest BCUT2D eigenvalue weighted by Crippen LogP contribution is -2.32. The Kier molecular flexibility index (Phi) is 4.00. The summed E-state index contributed by atoms with van der Waals surface area (Å²) in [4.78, 5) is 0. The number of aromatic nitrogens is 1. The first-order valence-corrected chi connectivity index (χ1v) is 10.1. The van der Waals surface area contributed by atoms with Gasteiger partial charge >= 0.3 is 0 Å². The number of hydrogen-bond donors (Lipinski definition) is 0. The fraction of sp³-hybridized carbons (Fsp3) is 0.320. The third-order valence-corrected chi connectivity index (χ3v) is 6.24. The summed E-state index contributed by atoms with van der Waals surface area (Å²) in [6.45, 7) is 2.18. The fourth-order valence-corrected chi connectivity index (χ4v) is 4.77. The largest absolute Gasteiger partial charge is 0.455 e.